The molecule has 11 nitrogen and oxygen atoms in total. The molecule has 3 amide bonds. The van der Waals surface area contributed by atoms with Crippen LogP contribution in [0.25, 0.3) is 10.8 Å². The molecule has 43 heavy (non-hydrogen) atoms. The molecule has 0 fully saturated rings. The molecule has 0 bridgehead atoms. The van der Waals surface area contributed by atoms with Gasteiger partial charge in [0, 0.05) is 68.5 Å². The quantitative estimate of drug-likeness (QED) is 0.219. The van der Waals surface area contributed by atoms with Crippen LogP contribution >= 0.6 is 11.6 Å². The largest absolute Gasteiger partial charge is 0.488 e. The smallest absolute Gasteiger partial charge is 0.372 e. The van der Waals surface area contributed by atoms with Crippen LogP contribution in [-0.2, 0) is 28.0 Å². The number of amides is 3. The van der Waals surface area contributed by atoms with E-state index in [1.807, 2.05) is 48.5 Å². The van der Waals surface area contributed by atoms with E-state index in [4.69, 9.17) is 16.3 Å². The van der Waals surface area contributed by atoms with Crippen LogP contribution in [0, 0.1) is 0 Å². The lowest BCUT2D eigenvalue weighted by Gasteiger charge is -2.20. The highest BCUT2D eigenvalue weighted by atomic mass is 35.5. The number of carbonyl (C=O) groups excluding carboxylic acids is 3. The Hall–Kier alpha value is -4.90. The summed E-state index contributed by atoms with van der Waals surface area (Å²) in [5, 5.41) is 16.2. The minimum Gasteiger partial charge on any atom is -0.488 e. The standard InChI is InChI=1S/C31H30ClN5O6/c1-18(38)33-21-8-9-22-23(12-21)25(43-17-19-6-4-3-5-7-19)13-24-29(22)20(14-32)15-37(24)28(40)11-10-27(39)34-26-16-36(2)30(35-26)31(41)42/h3-9,12-13,16,20H,10-11,14-15,17H2,1-2H3,(H,33,38)(H,34,39)(H,41,42). The number of fused-ring (bicyclic) bond motifs is 3. The van der Waals surface area contributed by atoms with Gasteiger partial charge in [-0.3, -0.25) is 14.4 Å². The molecule has 1 unspecified atom stereocenters. The molecule has 5 rings (SSSR count). The van der Waals surface area contributed by atoms with Gasteiger partial charge in [-0.05, 0) is 28.6 Å². The summed E-state index contributed by atoms with van der Waals surface area (Å²) in [5.41, 5.74) is 3.15. The number of carbonyl (C=O) groups is 4. The summed E-state index contributed by atoms with van der Waals surface area (Å²) in [6.45, 7) is 2.08. The van der Waals surface area contributed by atoms with Crippen LogP contribution in [0.1, 0.15) is 47.4 Å². The highest BCUT2D eigenvalue weighted by Crippen LogP contribution is 2.46. The van der Waals surface area contributed by atoms with E-state index in [0.29, 0.717) is 30.3 Å². The number of carboxylic acids is 1. The van der Waals surface area contributed by atoms with Crippen LogP contribution in [-0.4, -0.2) is 50.8 Å². The van der Waals surface area contributed by atoms with Crippen molar-refractivity contribution >= 4 is 63.3 Å². The first-order chi connectivity index (χ1) is 20.6. The number of imidazole rings is 1. The predicted molar refractivity (Wildman–Crippen MR) is 163 cm³/mol. The van der Waals surface area contributed by atoms with Gasteiger partial charge in [0.2, 0.25) is 23.5 Å². The average Bonchev–Trinajstić information content (AvgIpc) is 3.54. The zero-order chi connectivity index (χ0) is 30.7. The van der Waals surface area contributed by atoms with Crippen LogP contribution in [0.5, 0.6) is 5.75 Å². The van der Waals surface area contributed by atoms with E-state index in [2.05, 4.69) is 15.6 Å². The van der Waals surface area contributed by atoms with E-state index in [0.717, 1.165) is 21.9 Å². The van der Waals surface area contributed by atoms with Crippen molar-refractivity contribution in [1.29, 1.82) is 0 Å². The van der Waals surface area contributed by atoms with Gasteiger partial charge in [0.25, 0.3) is 0 Å². The minimum atomic E-state index is -1.22. The Bertz CT molecular complexity index is 1720. The number of hydrogen-bond donors (Lipinski definition) is 3. The average molecular weight is 604 g/mol. The molecule has 0 aliphatic carbocycles. The predicted octanol–water partition coefficient (Wildman–Crippen LogP) is 4.90. The molecule has 222 valence electrons. The van der Waals surface area contributed by atoms with Gasteiger partial charge in [-0.25, -0.2) is 9.78 Å². The molecule has 0 spiro atoms. The lowest BCUT2D eigenvalue weighted by molar-refractivity contribution is -0.122. The highest BCUT2D eigenvalue weighted by Gasteiger charge is 2.35. The molecule has 1 atom stereocenters. The van der Waals surface area contributed by atoms with Gasteiger partial charge in [0.1, 0.15) is 12.4 Å². The molecule has 0 saturated carbocycles. The van der Waals surface area contributed by atoms with Gasteiger partial charge < -0.3 is 29.9 Å². The SMILES string of the molecule is CC(=O)Nc1ccc2c3c(cc(OCc4ccccc4)c2c1)N(C(=O)CCC(=O)Nc1cn(C)c(C(=O)O)n1)CC3CCl. The van der Waals surface area contributed by atoms with Crippen molar-refractivity contribution in [2.75, 3.05) is 28.0 Å². The molecule has 4 aromatic rings. The fraction of sp³-hybridized carbons (Fsp3) is 0.258. The van der Waals surface area contributed by atoms with Crippen molar-refractivity contribution in [1.82, 2.24) is 9.55 Å². The fourth-order valence-electron chi connectivity index (χ4n) is 5.25. The number of hydrogen-bond acceptors (Lipinski definition) is 6. The van der Waals surface area contributed by atoms with Crippen molar-refractivity contribution in [2.45, 2.75) is 32.3 Å². The molecule has 0 radical (unpaired) electrons. The van der Waals surface area contributed by atoms with E-state index in [9.17, 15) is 24.3 Å². The number of aromatic carboxylic acids is 1. The molecule has 0 saturated heterocycles. The maximum atomic E-state index is 13.5. The van der Waals surface area contributed by atoms with Crippen LogP contribution in [0.4, 0.5) is 17.2 Å². The summed E-state index contributed by atoms with van der Waals surface area (Å²) in [4.78, 5) is 54.6. The number of benzene rings is 3. The molecule has 1 aliphatic rings. The summed E-state index contributed by atoms with van der Waals surface area (Å²) in [7, 11) is 1.51. The fourth-order valence-corrected chi connectivity index (χ4v) is 5.50. The Kier molecular flexibility index (Phi) is 8.63. The van der Waals surface area contributed by atoms with E-state index >= 15 is 0 Å². The summed E-state index contributed by atoms with van der Waals surface area (Å²) >= 11 is 6.40. The number of nitrogens with one attached hydrogen (secondary N) is 2. The first-order valence-corrected chi connectivity index (χ1v) is 14.2. The number of rotatable bonds is 10. The summed E-state index contributed by atoms with van der Waals surface area (Å²) in [5.74, 6) is -1.61. The van der Waals surface area contributed by atoms with Crippen LogP contribution < -0.4 is 20.3 Å². The second-order valence-corrected chi connectivity index (χ2v) is 10.6. The van der Waals surface area contributed by atoms with Crippen molar-refractivity contribution in [2.24, 2.45) is 7.05 Å². The Balaban J connectivity index is 1.41. The Labute approximate surface area is 252 Å². The normalized spacial score (nSPS) is 13.9. The van der Waals surface area contributed by atoms with Gasteiger partial charge in [0.15, 0.2) is 5.82 Å². The van der Waals surface area contributed by atoms with E-state index in [1.165, 1.54) is 24.7 Å². The monoisotopic (exact) mass is 603 g/mol. The van der Waals surface area contributed by atoms with Gasteiger partial charge >= 0.3 is 5.97 Å². The first-order valence-electron chi connectivity index (χ1n) is 13.6. The Morgan fingerprint density at radius 3 is 2.49 bits per heavy atom. The van der Waals surface area contributed by atoms with Crippen molar-refractivity contribution in [3.8, 4) is 5.75 Å². The number of aryl methyl sites for hydroxylation is 1. The third-order valence-electron chi connectivity index (χ3n) is 7.17. The molecule has 3 N–H and O–H groups in total. The molecule has 2 heterocycles. The zero-order valence-electron chi connectivity index (χ0n) is 23.6. The maximum Gasteiger partial charge on any atom is 0.372 e. The van der Waals surface area contributed by atoms with Gasteiger partial charge in [-0.1, -0.05) is 36.4 Å². The number of carboxylic acid groups (broad SMARTS) is 1. The van der Waals surface area contributed by atoms with Crippen LogP contribution in [0.2, 0.25) is 0 Å². The number of ether oxygens (including phenoxy) is 1. The third kappa shape index (κ3) is 6.46. The van der Waals surface area contributed by atoms with E-state index < -0.39 is 11.9 Å². The lowest BCUT2D eigenvalue weighted by Crippen LogP contribution is -2.30. The first kappa shape index (κ1) is 29.6. The second-order valence-electron chi connectivity index (χ2n) is 10.3. The highest BCUT2D eigenvalue weighted by molar-refractivity contribution is 6.19. The van der Waals surface area contributed by atoms with Crippen molar-refractivity contribution in [3.05, 3.63) is 77.7 Å². The van der Waals surface area contributed by atoms with Crippen LogP contribution in [0.3, 0.4) is 0 Å². The van der Waals surface area contributed by atoms with Gasteiger partial charge in [0.05, 0.1) is 5.69 Å². The summed E-state index contributed by atoms with van der Waals surface area (Å²) in [6, 6.07) is 17.1. The number of aromatic nitrogens is 2. The molecular weight excluding hydrogens is 574 g/mol. The molecule has 1 aliphatic heterocycles. The Morgan fingerprint density at radius 1 is 1.05 bits per heavy atom. The molecule has 3 aromatic carbocycles. The maximum absolute atomic E-state index is 13.5. The number of halogens is 1. The minimum absolute atomic E-state index is 0.0847. The zero-order valence-corrected chi connectivity index (χ0v) is 24.4. The lowest BCUT2D eigenvalue weighted by atomic mass is 9.95. The molecular formula is C31H30ClN5O6. The topological polar surface area (TPSA) is 143 Å². The van der Waals surface area contributed by atoms with Gasteiger partial charge in [-0.15, -0.1) is 11.6 Å². The second kappa shape index (κ2) is 12.5. The van der Waals surface area contributed by atoms with Crippen LogP contribution in [0.15, 0.2) is 60.8 Å². The number of anilines is 3. The summed E-state index contributed by atoms with van der Waals surface area (Å²) in [6.07, 6.45) is 1.18. The van der Waals surface area contributed by atoms with Crippen molar-refractivity contribution in [3.63, 3.8) is 0 Å². The van der Waals surface area contributed by atoms with Crippen molar-refractivity contribution < 1.29 is 29.0 Å². The molecule has 1 aromatic heterocycles. The third-order valence-corrected chi connectivity index (χ3v) is 7.54. The molecule has 12 heteroatoms. The number of alkyl halides is 1. The summed E-state index contributed by atoms with van der Waals surface area (Å²) < 4.78 is 7.57. The van der Waals surface area contributed by atoms with E-state index in [-0.39, 0.29) is 48.1 Å². The number of nitrogens with zero attached hydrogens (tertiary/aromatic N) is 3. The Morgan fingerprint density at radius 2 is 1.81 bits per heavy atom. The van der Waals surface area contributed by atoms with E-state index in [1.54, 1.807) is 11.0 Å². The van der Waals surface area contributed by atoms with Gasteiger partial charge in [-0.2, -0.15) is 0 Å².